The van der Waals surface area contributed by atoms with Gasteiger partial charge in [0.15, 0.2) is 0 Å². The van der Waals surface area contributed by atoms with Crippen molar-refractivity contribution in [3.63, 3.8) is 0 Å². The van der Waals surface area contributed by atoms with Crippen LogP contribution in [0.25, 0.3) is 22.0 Å². The first-order valence-electron chi connectivity index (χ1n) is 9.91. The number of nitrogens with zero attached hydrogens (tertiary/aromatic N) is 2. The molecule has 2 N–H and O–H groups in total. The zero-order valence-electron chi connectivity index (χ0n) is 17.2. The number of halogens is 4. The lowest BCUT2D eigenvalue weighted by Crippen LogP contribution is -2.43. The quantitative estimate of drug-likeness (QED) is 0.373. The number of pyridine rings is 2. The summed E-state index contributed by atoms with van der Waals surface area (Å²) < 4.78 is 28.0. The Morgan fingerprint density at radius 2 is 1.68 bits per heavy atom. The predicted molar refractivity (Wildman–Crippen MR) is 124 cm³/mol. The molecule has 1 amide bonds. The molecule has 0 aliphatic carbocycles. The van der Waals surface area contributed by atoms with Crippen LogP contribution in [0.4, 0.5) is 8.78 Å². The molecule has 0 aliphatic rings. The van der Waals surface area contributed by atoms with Gasteiger partial charge in [0.1, 0.15) is 23.2 Å². The average molecular weight is 502 g/mol. The Balaban J connectivity index is 1.72. The lowest BCUT2D eigenvalue weighted by Gasteiger charge is -2.18. The maximum Gasteiger partial charge on any atom is 0.326 e. The second kappa shape index (κ2) is 9.70. The molecule has 0 spiro atoms. The molecule has 0 aliphatic heterocycles. The van der Waals surface area contributed by atoms with Crippen LogP contribution in [0, 0.1) is 11.6 Å². The monoisotopic (exact) mass is 501 g/mol. The average Bonchev–Trinajstić information content (AvgIpc) is 2.79. The molecule has 0 fully saturated rings. The van der Waals surface area contributed by atoms with Gasteiger partial charge in [0.25, 0.3) is 5.91 Å². The van der Waals surface area contributed by atoms with Crippen LogP contribution >= 0.6 is 23.2 Å². The Bertz CT molecular complexity index is 1390. The molecule has 172 valence electrons. The van der Waals surface area contributed by atoms with Gasteiger partial charge in [-0.15, -0.1) is 0 Å². The van der Waals surface area contributed by atoms with Crippen LogP contribution in [-0.4, -0.2) is 33.0 Å². The normalized spacial score (nSPS) is 11.9. The van der Waals surface area contributed by atoms with E-state index in [1.807, 2.05) is 0 Å². The van der Waals surface area contributed by atoms with Crippen LogP contribution in [-0.2, 0) is 11.2 Å². The molecule has 10 heteroatoms. The third kappa shape index (κ3) is 4.55. The number of carboxylic acid groups (broad SMARTS) is 1. The largest absolute Gasteiger partial charge is 0.480 e. The summed E-state index contributed by atoms with van der Waals surface area (Å²) in [4.78, 5) is 32.7. The van der Waals surface area contributed by atoms with E-state index in [2.05, 4.69) is 15.3 Å². The van der Waals surface area contributed by atoms with E-state index in [-0.39, 0.29) is 6.42 Å². The smallest absolute Gasteiger partial charge is 0.326 e. The summed E-state index contributed by atoms with van der Waals surface area (Å²) >= 11 is 12.6. The Kier molecular flexibility index (Phi) is 6.72. The zero-order chi connectivity index (χ0) is 24.4. The van der Waals surface area contributed by atoms with Gasteiger partial charge in [-0.1, -0.05) is 47.5 Å². The van der Waals surface area contributed by atoms with Gasteiger partial charge >= 0.3 is 5.97 Å². The molecule has 0 saturated heterocycles. The minimum absolute atomic E-state index is 0.169. The fraction of sp³-hybridized carbons (Fsp3) is 0.0833. The summed E-state index contributed by atoms with van der Waals surface area (Å²) in [5.74, 6) is -4.72. The minimum Gasteiger partial charge on any atom is -0.480 e. The molecule has 6 nitrogen and oxygen atoms in total. The molecular formula is C24H15Cl2F2N3O3. The van der Waals surface area contributed by atoms with Crippen LogP contribution in [0.5, 0.6) is 0 Å². The Labute approximate surface area is 202 Å². The molecule has 2 heterocycles. The third-order valence-corrected chi connectivity index (χ3v) is 5.77. The fourth-order valence-corrected chi connectivity index (χ4v) is 4.21. The van der Waals surface area contributed by atoms with Crippen molar-refractivity contribution in [3.05, 3.63) is 93.9 Å². The Morgan fingerprint density at radius 3 is 2.32 bits per heavy atom. The van der Waals surface area contributed by atoms with Crippen LogP contribution in [0.1, 0.15) is 15.9 Å². The summed E-state index contributed by atoms with van der Waals surface area (Å²) in [5.41, 5.74) is 1.32. The van der Waals surface area contributed by atoms with Crippen LogP contribution < -0.4 is 5.32 Å². The van der Waals surface area contributed by atoms with Gasteiger partial charge in [-0.3, -0.25) is 14.8 Å². The van der Waals surface area contributed by atoms with Crippen molar-refractivity contribution >= 4 is 46.0 Å². The number of aliphatic carboxylic acids is 1. The van der Waals surface area contributed by atoms with E-state index in [4.69, 9.17) is 23.2 Å². The van der Waals surface area contributed by atoms with Crippen molar-refractivity contribution < 1.29 is 23.5 Å². The van der Waals surface area contributed by atoms with Gasteiger partial charge < -0.3 is 10.4 Å². The Morgan fingerprint density at radius 1 is 1.00 bits per heavy atom. The zero-order valence-corrected chi connectivity index (χ0v) is 18.7. The number of carboxylic acids is 1. The summed E-state index contributed by atoms with van der Waals surface area (Å²) in [5, 5.41) is 13.1. The van der Waals surface area contributed by atoms with Crippen molar-refractivity contribution in [2.45, 2.75) is 12.5 Å². The van der Waals surface area contributed by atoms with Crippen LogP contribution in [0.2, 0.25) is 10.0 Å². The molecule has 0 radical (unpaired) electrons. The fourth-order valence-electron chi connectivity index (χ4n) is 3.65. The topological polar surface area (TPSA) is 92.2 Å². The maximum absolute atomic E-state index is 14.0. The number of amides is 1. The van der Waals surface area contributed by atoms with Crippen molar-refractivity contribution in [2.24, 2.45) is 0 Å². The third-order valence-electron chi connectivity index (χ3n) is 5.20. The number of benzene rings is 2. The molecule has 0 saturated carbocycles. The number of hydrogen-bond donors (Lipinski definition) is 2. The highest BCUT2D eigenvalue weighted by Crippen LogP contribution is 2.38. The Hall–Kier alpha value is -3.62. The summed E-state index contributed by atoms with van der Waals surface area (Å²) in [6.07, 6.45) is 4.29. The number of nitrogens with one attached hydrogen (secondary N) is 1. The SMILES string of the molecule is O=C(N[C@@H](Cc1ccc(-c2c(Cl)cncc2Cl)c2ncccc12)C(=O)O)c1c(F)cccc1F. The van der Waals surface area contributed by atoms with E-state index in [0.717, 1.165) is 18.2 Å². The van der Waals surface area contributed by atoms with Crippen molar-refractivity contribution in [1.82, 2.24) is 15.3 Å². The second-order valence-corrected chi connectivity index (χ2v) is 8.13. The van der Waals surface area contributed by atoms with Crippen LogP contribution in [0.15, 0.2) is 61.1 Å². The van der Waals surface area contributed by atoms with Gasteiger partial charge in [-0.05, 0) is 23.8 Å². The number of fused-ring (bicyclic) bond motifs is 1. The van der Waals surface area contributed by atoms with E-state index < -0.39 is 35.1 Å². The molecule has 1 atom stereocenters. The number of aromatic nitrogens is 2. The minimum atomic E-state index is -1.46. The molecule has 0 unspecified atom stereocenters. The highest BCUT2D eigenvalue weighted by atomic mass is 35.5. The lowest BCUT2D eigenvalue weighted by atomic mass is 9.95. The molecule has 34 heavy (non-hydrogen) atoms. The summed E-state index contributed by atoms with van der Waals surface area (Å²) in [7, 11) is 0. The molecule has 4 rings (SSSR count). The summed E-state index contributed by atoms with van der Waals surface area (Å²) in [6.45, 7) is 0. The number of carbonyl (C=O) groups is 2. The molecule has 4 aromatic rings. The van der Waals surface area contributed by atoms with E-state index in [0.29, 0.717) is 37.6 Å². The summed E-state index contributed by atoms with van der Waals surface area (Å²) in [6, 6.07) is 8.25. The maximum atomic E-state index is 14.0. The lowest BCUT2D eigenvalue weighted by molar-refractivity contribution is -0.139. The van der Waals surface area contributed by atoms with Crippen molar-refractivity contribution in [2.75, 3.05) is 0 Å². The molecule has 0 bridgehead atoms. The standard InChI is InChI=1S/C24H15Cl2F2N3O3/c25-15-10-29-11-16(26)20(15)14-7-6-12(13-3-2-8-30-22(13)14)9-19(24(33)34)31-23(32)21-17(27)4-1-5-18(21)28/h1-8,10-11,19H,9H2,(H,31,32)(H,33,34)/t19-/m0/s1. The van der Waals surface area contributed by atoms with Gasteiger partial charge in [-0.2, -0.15) is 0 Å². The molecule has 2 aromatic carbocycles. The number of rotatable bonds is 6. The van der Waals surface area contributed by atoms with Gasteiger partial charge in [0, 0.05) is 41.5 Å². The highest BCUT2D eigenvalue weighted by molar-refractivity contribution is 6.39. The first kappa shape index (κ1) is 23.5. The van der Waals surface area contributed by atoms with Crippen molar-refractivity contribution in [3.8, 4) is 11.1 Å². The van der Waals surface area contributed by atoms with E-state index in [9.17, 15) is 23.5 Å². The first-order chi connectivity index (χ1) is 16.3. The van der Waals surface area contributed by atoms with E-state index in [1.165, 1.54) is 12.4 Å². The first-order valence-corrected chi connectivity index (χ1v) is 10.7. The number of carbonyl (C=O) groups excluding carboxylic acids is 1. The molecule has 2 aromatic heterocycles. The van der Waals surface area contributed by atoms with Gasteiger partial charge in [-0.25, -0.2) is 13.6 Å². The van der Waals surface area contributed by atoms with E-state index in [1.54, 1.807) is 30.5 Å². The van der Waals surface area contributed by atoms with Gasteiger partial charge in [0.05, 0.1) is 15.6 Å². The second-order valence-electron chi connectivity index (χ2n) is 7.32. The molecular weight excluding hydrogens is 487 g/mol. The van der Waals surface area contributed by atoms with E-state index >= 15 is 0 Å². The van der Waals surface area contributed by atoms with Gasteiger partial charge in [0.2, 0.25) is 0 Å². The predicted octanol–water partition coefficient (Wildman–Crippen LogP) is 5.31. The highest BCUT2D eigenvalue weighted by Gasteiger charge is 2.26. The van der Waals surface area contributed by atoms with Crippen molar-refractivity contribution in [1.29, 1.82) is 0 Å². The number of hydrogen-bond acceptors (Lipinski definition) is 4. The van der Waals surface area contributed by atoms with Crippen LogP contribution in [0.3, 0.4) is 0 Å².